The number of hydrogen-bond acceptors (Lipinski definition) is 4. The quantitative estimate of drug-likeness (QED) is 0.728. The van der Waals surface area contributed by atoms with Crippen LogP contribution in [0.3, 0.4) is 0 Å². The van der Waals surface area contributed by atoms with E-state index in [1.54, 1.807) is 0 Å². The summed E-state index contributed by atoms with van der Waals surface area (Å²) in [5.41, 5.74) is 2.73. The molecular weight excluding hydrogens is 304 g/mol. The number of hydrazone groups is 1. The minimum atomic E-state index is -0.222. The second-order valence-electron chi connectivity index (χ2n) is 6.06. The minimum Gasteiger partial charge on any atom is -0.460 e. The van der Waals surface area contributed by atoms with Gasteiger partial charge in [-0.25, -0.2) is 9.99 Å². The predicted octanol–water partition coefficient (Wildman–Crippen LogP) is 3.17. The van der Waals surface area contributed by atoms with Crippen LogP contribution in [0.4, 0.5) is 0 Å². The van der Waals surface area contributed by atoms with Crippen molar-refractivity contribution in [3.05, 3.63) is 53.7 Å². The Morgan fingerprint density at radius 2 is 2.04 bits per heavy atom. The third-order valence-corrected chi connectivity index (χ3v) is 4.38. The number of benzene rings is 1. The Kier molecular flexibility index (Phi) is 3.26. The van der Waals surface area contributed by atoms with Crippen molar-refractivity contribution in [1.29, 1.82) is 0 Å². The molecule has 6 heteroatoms. The van der Waals surface area contributed by atoms with Gasteiger partial charge in [-0.3, -0.25) is 4.79 Å². The molecule has 0 saturated carbocycles. The van der Waals surface area contributed by atoms with Crippen LogP contribution >= 0.6 is 0 Å². The van der Waals surface area contributed by atoms with Gasteiger partial charge in [-0.15, -0.1) is 0 Å². The van der Waals surface area contributed by atoms with Gasteiger partial charge in [0, 0.05) is 20.4 Å². The zero-order valence-corrected chi connectivity index (χ0v) is 13.9. The third-order valence-electron chi connectivity index (χ3n) is 4.38. The number of carbonyl (C=O) groups excluding carboxylic acids is 1. The summed E-state index contributed by atoms with van der Waals surface area (Å²) in [6.45, 7) is 3.42. The molecule has 24 heavy (non-hydrogen) atoms. The van der Waals surface area contributed by atoms with Gasteiger partial charge in [0.25, 0.3) is 0 Å². The van der Waals surface area contributed by atoms with Crippen LogP contribution in [0.25, 0.3) is 11.0 Å². The molecule has 3 aromatic rings. The van der Waals surface area contributed by atoms with Gasteiger partial charge in [0.15, 0.2) is 0 Å². The first kappa shape index (κ1) is 14.7. The first-order valence-electron chi connectivity index (χ1n) is 7.90. The highest BCUT2D eigenvalue weighted by molar-refractivity contribution is 6.01. The zero-order valence-electron chi connectivity index (χ0n) is 13.9. The summed E-state index contributed by atoms with van der Waals surface area (Å²) in [5, 5.41) is 6.00. The largest absolute Gasteiger partial charge is 0.460 e. The van der Waals surface area contributed by atoms with Gasteiger partial charge >= 0.3 is 0 Å². The summed E-state index contributed by atoms with van der Waals surface area (Å²) in [7, 11) is 1.97. The van der Waals surface area contributed by atoms with Gasteiger partial charge in [0.1, 0.15) is 29.1 Å². The first-order valence-corrected chi connectivity index (χ1v) is 7.90. The SMILES string of the molecule is CC(=O)N1N=C(c2ccc(C)o2)CC1c1nc2ccccc2n1C. The highest BCUT2D eigenvalue weighted by Crippen LogP contribution is 2.33. The van der Waals surface area contributed by atoms with E-state index in [1.807, 2.05) is 54.9 Å². The van der Waals surface area contributed by atoms with Crippen LogP contribution in [0.15, 0.2) is 45.9 Å². The van der Waals surface area contributed by atoms with E-state index in [0.717, 1.165) is 28.3 Å². The van der Waals surface area contributed by atoms with Gasteiger partial charge in [0.05, 0.1) is 11.0 Å². The summed E-state index contributed by atoms with van der Waals surface area (Å²) < 4.78 is 7.70. The van der Waals surface area contributed by atoms with Crippen LogP contribution in [0, 0.1) is 6.92 Å². The van der Waals surface area contributed by atoms with Crippen molar-refractivity contribution in [2.24, 2.45) is 12.1 Å². The second kappa shape index (κ2) is 5.33. The van der Waals surface area contributed by atoms with Crippen molar-refractivity contribution in [2.45, 2.75) is 26.3 Å². The van der Waals surface area contributed by atoms with Crippen molar-refractivity contribution in [3.63, 3.8) is 0 Å². The average Bonchev–Trinajstić information content (AvgIpc) is 3.25. The fourth-order valence-corrected chi connectivity index (χ4v) is 3.20. The van der Waals surface area contributed by atoms with Gasteiger partial charge < -0.3 is 8.98 Å². The van der Waals surface area contributed by atoms with E-state index in [9.17, 15) is 4.79 Å². The van der Waals surface area contributed by atoms with E-state index in [4.69, 9.17) is 9.40 Å². The smallest absolute Gasteiger partial charge is 0.240 e. The fraction of sp³-hybridized carbons (Fsp3) is 0.278. The van der Waals surface area contributed by atoms with E-state index in [0.29, 0.717) is 12.2 Å². The van der Waals surface area contributed by atoms with Crippen molar-refractivity contribution in [1.82, 2.24) is 14.6 Å². The van der Waals surface area contributed by atoms with Crippen LogP contribution in [-0.2, 0) is 11.8 Å². The van der Waals surface area contributed by atoms with Gasteiger partial charge in [-0.05, 0) is 31.2 Å². The monoisotopic (exact) mass is 322 g/mol. The fourth-order valence-electron chi connectivity index (χ4n) is 3.20. The van der Waals surface area contributed by atoms with E-state index >= 15 is 0 Å². The summed E-state index contributed by atoms with van der Waals surface area (Å²) in [6.07, 6.45) is 0.587. The van der Waals surface area contributed by atoms with Crippen molar-refractivity contribution < 1.29 is 9.21 Å². The lowest BCUT2D eigenvalue weighted by atomic mass is 10.1. The number of aryl methyl sites for hydroxylation is 2. The van der Waals surface area contributed by atoms with Crippen LogP contribution in [-0.4, -0.2) is 26.2 Å². The zero-order chi connectivity index (χ0) is 16.8. The lowest BCUT2D eigenvalue weighted by Gasteiger charge is -2.19. The van der Waals surface area contributed by atoms with E-state index in [1.165, 1.54) is 11.9 Å². The van der Waals surface area contributed by atoms with Crippen LogP contribution in [0.2, 0.25) is 0 Å². The molecular formula is C18H18N4O2. The number of aromatic nitrogens is 2. The lowest BCUT2D eigenvalue weighted by Crippen LogP contribution is -2.26. The summed E-state index contributed by atoms with van der Waals surface area (Å²) in [5.74, 6) is 2.26. The molecule has 0 saturated heterocycles. The molecule has 0 aliphatic carbocycles. The maximum atomic E-state index is 12.1. The second-order valence-corrected chi connectivity index (χ2v) is 6.06. The average molecular weight is 322 g/mol. The molecule has 4 rings (SSSR count). The maximum absolute atomic E-state index is 12.1. The maximum Gasteiger partial charge on any atom is 0.240 e. The van der Waals surface area contributed by atoms with Crippen molar-refractivity contribution >= 4 is 22.7 Å². The Hall–Kier alpha value is -2.89. The van der Waals surface area contributed by atoms with E-state index in [-0.39, 0.29) is 11.9 Å². The number of furan rings is 1. The van der Waals surface area contributed by atoms with Crippen LogP contribution in [0.1, 0.15) is 36.7 Å². The molecule has 1 aliphatic rings. The first-order chi connectivity index (χ1) is 11.5. The standard InChI is InChI=1S/C18H18N4O2/c1-11-8-9-17(24-11)14-10-16(22(20-14)12(2)23)18-19-13-6-4-5-7-15(13)21(18)3/h4-9,16H,10H2,1-3H3. The van der Waals surface area contributed by atoms with Gasteiger partial charge in [-0.2, -0.15) is 5.10 Å². The van der Waals surface area contributed by atoms with Gasteiger partial charge in [-0.1, -0.05) is 12.1 Å². The Labute approximate surface area is 139 Å². The molecule has 0 N–H and O–H groups in total. The number of nitrogens with zero attached hydrogens (tertiary/aromatic N) is 4. The Morgan fingerprint density at radius 1 is 1.25 bits per heavy atom. The molecule has 1 unspecified atom stereocenters. The third kappa shape index (κ3) is 2.22. The number of fused-ring (bicyclic) bond motifs is 1. The topological polar surface area (TPSA) is 63.6 Å². The normalized spacial score (nSPS) is 17.5. The number of rotatable bonds is 2. The Balaban J connectivity index is 1.77. The lowest BCUT2D eigenvalue weighted by molar-refractivity contribution is -0.130. The number of para-hydroxylation sites is 2. The highest BCUT2D eigenvalue weighted by Gasteiger charge is 2.35. The molecule has 2 aromatic heterocycles. The minimum absolute atomic E-state index is 0.106. The molecule has 1 aliphatic heterocycles. The van der Waals surface area contributed by atoms with Gasteiger partial charge in [0.2, 0.25) is 5.91 Å². The summed E-state index contributed by atoms with van der Waals surface area (Å²) in [6, 6.07) is 11.5. The summed E-state index contributed by atoms with van der Waals surface area (Å²) in [4.78, 5) is 16.8. The van der Waals surface area contributed by atoms with Crippen LogP contribution < -0.4 is 0 Å². The molecule has 0 fully saturated rings. The highest BCUT2D eigenvalue weighted by atomic mass is 16.3. The molecule has 6 nitrogen and oxygen atoms in total. The van der Waals surface area contributed by atoms with E-state index < -0.39 is 0 Å². The Bertz CT molecular complexity index is 966. The molecule has 1 atom stereocenters. The van der Waals surface area contributed by atoms with Crippen molar-refractivity contribution in [2.75, 3.05) is 0 Å². The molecule has 3 heterocycles. The number of imidazole rings is 1. The number of amides is 1. The molecule has 122 valence electrons. The summed E-state index contributed by atoms with van der Waals surface area (Å²) >= 11 is 0. The Morgan fingerprint density at radius 3 is 2.71 bits per heavy atom. The predicted molar refractivity (Wildman–Crippen MR) is 90.6 cm³/mol. The molecule has 1 aromatic carbocycles. The number of carbonyl (C=O) groups is 1. The van der Waals surface area contributed by atoms with Crippen molar-refractivity contribution in [3.8, 4) is 0 Å². The molecule has 0 spiro atoms. The van der Waals surface area contributed by atoms with E-state index in [2.05, 4.69) is 5.10 Å². The molecule has 0 bridgehead atoms. The molecule has 0 radical (unpaired) electrons. The number of hydrogen-bond donors (Lipinski definition) is 0. The van der Waals surface area contributed by atoms with Crippen LogP contribution in [0.5, 0.6) is 0 Å². The molecule has 1 amide bonds.